The van der Waals surface area contributed by atoms with Crippen LogP contribution in [0.15, 0.2) is 0 Å². The van der Waals surface area contributed by atoms with Crippen LogP contribution in [0.3, 0.4) is 0 Å². The second-order valence-electron chi connectivity index (χ2n) is 6.80. The molecule has 0 heterocycles. The number of aliphatic carboxylic acids is 1. The van der Waals surface area contributed by atoms with Crippen LogP contribution in [0.4, 0.5) is 0 Å². The molecule has 0 aromatic rings. The van der Waals surface area contributed by atoms with Crippen LogP contribution in [-0.4, -0.2) is 48.2 Å². The van der Waals surface area contributed by atoms with Gasteiger partial charge in [0.2, 0.25) is 0 Å². The van der Waals surface area contributed by atoms with Crippen LogP contribution in [0.25, 0.3) is 0 Å². The van der Waals surface area contributed by atoms with E-state index in [1.165, 1.54) is 32.1 Å². The molecule has 116 valence electrons. The van der Waals surface area contributed by atoms with Crippen molar-refractivity contribution in [1.82, 2.24) is 10.2 Å². The lowest BCUT2D eigenvalue weighted by molar-refractivity contribution is -0.147. The average molecular weight is 282 g/mol. The van der Waals surface area contributed by atoms with Crippen molar-refractivity contribution in [2.24, 2.45) is 11.8 Å². The van der Waals surface area contributed by atoms with Crippen LogP contribution in [0.5, 0.6) is 0 Å². The predicted molar refractivity (Wildman–Crippen MR) is 80.8 cm³/mol. The Kier molecular flexibility index (Phi) is 5.08. The van der Waals surface area contributed by atoms with E-state index < -0.39 is 11.5 Å². The second-order valence-corrected chi connectivity index (χ2v) is 6.80. The van der Waals surface area contributed by atoms with Crippen molar-refractivity contribution in [1.29, 1.82) is 0 Å². The van der Waals surface area contributed by atoms with Crippen LogP contribution < -0.4 is 5.32 Å². The topological polar surface area (TPSA) is 52.6 Å². The van der Waals surface area contributed by atoms with Gasteiger partial charge in [0.15, 0.2) is 0 Å². The molecule has 0 aliphatic heterocycles. The van der Waals surface area contributed by atoms with Crippen LogP contribution >= 0.6 is 0 Å². The van der Waals surface area contributed by atoms with E-state index in [9.17, 15) is 9.90 Å². The summed E-state index contributed by atoms with van der Waals surface area (Å²) in [5.74, 6) is 0.507. The molecule has 0 amide bonds. The van der Waals surface area contributed by atoms with E-state index in [1.807, 2.05) is 0 Å². The zero-order valence-electron chi connectivity index (χ0n) is 13.2. The number of carbonyl (C=O) groups is 1. The molecule has 1 atom stereocenters. The highest BCUT2D eigenvalue weighted by Crippen LogP contribution is 2.41. The lowest BCUT2D eigenvalue weighted by atomic mass is 9.83. The molecule has 0 saturated heterocycles. The first kappa shape index (κ1) is 15.8. The van der Waals surface area contributed by atoms with E-state index in [4.69, 9.17) is 0 Å². The lowest BCUT2D eigenvalue weighted by Crippen LogP contribution is -2.60. The van der Waals surface area contributed by atoms with Crippen molar-refractivity contribution in [2.45, 2.75) is 63.5 Å². The normalized spacial score (nSPS) is 30.2. The second kappa shape index (κ2) is 6.44. The summed E-state index contributed by atoms with van der Waals surface area (Å²) in [4.78, 5) is 14.1. The van der Waals surface area contributed by atoms with Gasteiger partial charge in [0.25, 0.3) is 0 Å². The zero-order valence-corrected chi connectivity index (χ0v) is 13.2. The van der Waals surface area contributed by atoms with Gasteiger partial charge < -0.3 is 15.3 Å². The number of rotatable bonds is 7. The molecular weight excluding hydrogens is 252 g/mol. The SMILES string of the molecule is CCC1CCC(N(C)CC(NC)(C(=O)O)C2CC2)CC1. The summed E-state index contributed by atoms with van der Waals surface area (Å²) >= 11 is 0. The summed E-state index contributed by atoms with van der Waals surface area (Å²) < 4.78 is 0. The van der Waals surface area contributed by atoms with Crippen molar-refractivity contribution in [3.05, 3.63) is 0 Å². The molecule has 2 N–H and O–H groups in total. The Balaban J connectivity index is 1.95. The predicted octanol–water partition coefficient (Wildman–Crippen LogP) is 2.34. The summed E-state index contributed by atoms with van der Waals surface area (Å²) in [7, 11) is 3.91. The van der Waals surface area contributed by atoms with Gasteiger partial charge in [0.1, 0.15) is 5.54 Å². The maximum absolute atomic E-state index is 11.8. The maximum atomic E-state index is 11.8. The largest absolute Gasteiger partial charge is 0.480 e. The molecule has 2 saturated carbocycles. The third-order valence-corrected chi connectivity index (χ3v) is 5.62. The Morgan fingerprint density at radius 3 is 2.25 bits per heavy atom. The third-order valence-electron chi connectivity index (χ3n) is 5.62. The maximum Gasteiger partial charge on any atom is 0.325 e. The monoisotopic (exact) mass is 282 g/mol. The van der Waals surface area contributed by atoms with Crippen molar-refractivity contribution in [3.63, 3.8) is 0 Å². The van der Waals surface area contributed by atoms with E-state index >= 15 is 0 Å². The summed E-state index contributed by atoms with van der Waals surface area (Å²) in [5, 5.41) is 12.8. The Morgan fingerprint density at radius 2 is 1.85 bits per heavy atom. The first-order valence-electron chi connectivity index (χ1n) is 8.16. The fourth-order valence-electron chi connectivity index (χ4n) is 3.85. The first-order chi connectivity index (χ1) is 9.53. The Labute approximate surface area is 122 Å². The average Bonchev–Trinajstić information content (AvgIpc) is 3.29. The zero-order chi connectivity index (χ0) is 14.8. The highest BCUT2D eigenvalue weighted by molar-refractivity contribution is 5.80. The molecule has 0 aromatic heterocycles. The minimum atomic E-state index is -0.740. The summed E-state index contributed by atoms with van der Waals surface area (Å²) in [5.41, 5.74) is -0.740. The molecule has 1 unspecified atom stereocenters. The molecule has 0 spiro atoms. The van der Waals surface area contributed by atoms with E-state index in [1.54, 1.807) is 7.05 Å². The van der Waals surface area contributed by atoms with Crippen molar-refractivity contribution in [2.75, 3.05) is 20.6 Å². The Morgan fingerprint density at radius 1 is 1.25 bits per heavy atom. The van der Waals surface area contributed by atoms with Gasteiger partial charge >= 0.3 is 5.97 Å². The van der Waals surface area contributed by atoms with Gasteiger partial charge in [-0.25, -0.2) is 0 Å². The molecule has 0 bridgehead atoms. The molecule has 2 fully saturated rings. The first-order valence-corrected chi connectivity index (χ1v) is 8.16. The number of carboxylic acid groups (broad SMARTS) is 1. The molecule has 2 aliphatic rings. The van der Waals surface area contributed by atoms with Gasteiger partial charge in [-0.05, 0) is 64.5 Å². The highest BCUT2D eigenvalue weighted by Gasteiger charge is 2.51. The minimum Gasteiger partial charge on any atom is -0.480 e. The molecule has 0 aromatic carbocycles. The fourth-order valence-corrected chi connectivity index (χ4v) is 3.85. The number of hydrogen-bond acceptors (Lipinski definition) is 3. The van der Waals surface area contributed by atoms with E-state index in [0.717, 1.165) is 18.8 Å². The standard InChI is InChI=1S/C16H30N2O2/c1-4-12-5-9-14(10-6-12)18(3)11-16(17-2,15(19)20)13-7-8-13/h12-14,17H,4-11H2,1-3H3,(H,19,20). The highest BCUT2D eigenvalue weighted by atomic mass is 16.4. The van der Waals surface area contributed by atoms with Gasteiger partial charge in [0, 0.05) is 12.6 Å². The molecule has 20 heavy (non-hydrogen) atoms. The van der Waals surface area contributed by atoms with Gasteiger partial charge in [0.05, 0.1) is 0 Å². The van der Waals surface area contributed by atoms with E-state index in [-0.39, 0.29) is 0 Å². The summed E-state index contributed by atoms with van der Waals surface area (Å²) in [6.45, 7) is 2.91. The Hall–Kier alpha value is -0.610. The Bertz CT molecular complexity index is 335. The van der Waals surface area contributed by atoms with Crippen LogP contribution in [0.2, 0.25) is 0 Å². The lowest BCUT2D eigenvalue weighted by Gasteiger charge is -2.40. The van der Waals surface area contributed by atoms with Gasteiger partial charge in [-0.2, -0.15) is 0 Å². The smallest absolute Gasteiger partial charge is 0.325 e. The minimum absolute atomic E-state index is 0.305. The van der Waals surface area contributed by atoms with Gasteiger partial charge in [-0.3, -0.25) is 4.79 Å². The number of likely N-dealkylation sites (N-methyl/N-ethyl adjacent to an activating group) is 2. The van der Waals surface area contributed by atoms with Gasteiger partial charge in [-0.15, -0.1) is 0 Å². The van der Waals surface area contributed by atoms with Crippen molar-refractivity contribution >= 4 is 5.97 Å². The van der Waals surface area contributed by atoms with Crippen LogP contribution in [-0.2, 0) is 4.79 Å². The van der Waals surface area contributed by atoms with Crippen molar-refractivity contribution < 1.29 is 9.90 Å². The quantitative estimate of drug-likeness (QED) is 0.752. The molecule has 4 nitrogen and oxygen atoms in total. The van der Waals surface area contributed by atoms with E-state index in [2.05, 4.69) is 24.2 Å². The van der Waals surface area contributed by atoms with Crippen molar-refractivity contribution in [3.8, 4) is 0 Å². The molecule has 4 heteroatoms. The fraction of sp³-hybridized carbons (Fsp3) is 0.938. The van der Waals surface area contributed by atoms with E-state index in [0.29, 0.717) is 18.5 Å². The third kappa shape index (κ3) is 3.17. The molecule has 0 radical (unpaired) electrons. The summed E-state index contributed by atoms with van der Waals surface area (Å²) in [6.07, 6.45) is 8.42. The number of carboxylic acids is 1. The number of nitrogens with zero attached hydrogens (tertiary/aromatic N) is 1. The number of hydrogen-bond donors (Lipinski definition) is 2. The molecular formula is C16H30N2O2. The van der Waals surface area contributed by atoms with Crippen LogP contribution in [0.1, 0.15) is 51.9 Å². The van der Waals surface area contributed by atoms with Gasteiger partial charge in [-0.1, -0.05) is 13.3 Å². The molecule has 2 rings (SSSR count). The molecule has 2 aliphatic carbocycles. The summed E-state index contributed by atoms with van der Waals surface area (Å²) in [6, 6.07) is 0.559. The number of nitrogens with one attached hydrogen (secondary N) is 1. The van der Waals surface area contributed by atoms with Crippen LogP contribution in [0, 0.1) is 11.8 Å².